The van der Waals surface area contributed by atoms with Gasteiger partial charge in [0.25, 0.3) is 0 Å². The van der Waals surface area contributed by atoms with E-state index in [9.17, 15) is 0 Å². The van der Waals surface area contributed by atoms with Gasteiger partial charge >= 0.3 is 0 Å². The fraction of sp³-hybridized carbons (Fsp3) is 0.125. The van der Waals surface area contributed by atoms with Crippen molar-refractivity contribution in [3.05, 3.63) is 33.8 Å². The average molecular weight is 249 g/mol. The molecule has 0 unspecified atom stereocenters. The number of benzene rings is 1. The second-order valence-corrected chi connectivity index (χ2v) is 3.62. The molecule has 0 amide bonds. The first-order valence-corrected chi connectivity index (χ1v) is 4.46. The highest BCUT2D eigenvalue weighted by molar-refractivity contribution is 9.10. The van der Waals surface area contributed by atoms with Crippen LogP contribution >= 0.6 is 27.5 Å². The lowest BCUT2D eigenvalue weighted by Crippen LogP contribution is -1.94. The number of rotatable bonds is 1. The Morgan fingerprint density at radius 1 is 1.58 bits per heavy atom. The predicted molar refractivity (Wildman–Crippen MR) is 53.1 cm³/mol. The summed E-state index contributed by atoms with van der Waals surface area (Å²) in [5.74, 6) is 0. The van der Waals surface area contributed by atoms with E-state index in [4.69, 9.17) is 16.8 Å². The number of hydrogen-bond acceptors (Lipinski definition) is 2. The monoisotopic (exact) mass is 247 g/mol. The minimum absolute atomic E-state index is 0.111. The molecule has 0 radical (unpaired) electrons. The van der Waals surface area contributed by atoms with Crippen LogP contribution in [0.4, 0.5) is 0 Å². The van der Waals surface area contributed by atoms with Crippen LogP contribution in [-0.2, 0) is 0 Å². The van der Waals surface area contributed by atoms with Gasteiger partial charge in [-0.2, -0.15) is 0 Å². The maximum absolute atomic E-state index is 8.43. The Labute approximate surface area is 84.0 Å². The van der Waals surface area contributed by atoms with Crippen molar-refractivity contribution in [2.75, 3.05) is 0 Å². The van der Waals surface area contributed by atoms with Gasteiger partial charge in [-0.1, -0.05) is 38.8 Å². The second-order valence-electron chi connectivity index (χ2n) is 2.35. The van der Waals surface area contributed by atoms with Crippen molar-refractivity contribution in [3.8, 4) is 0 Å². The first-order valence-electron chi connectivity index (χ1n) is 3.29. The largest absolute Gasteiger partial charge is 0.410 e. The maximum Gasteiger partial charge on any atom is 0.175 e. The van der Waals surface area contributed by atoms with Crippen molar-refractivity contribution in [3.63, 3.8) is 0 Å². The van der Waals surface area contributed by atoms with E-state index in [1.165, 1.54) is 0 Å². The van der Waals surface area contributed by atoms with E-state index in [2.05, 4.69) is 21.1 Å². The van der Waals surface area contributed by atoms with Crippen molar-refractivity contribution in [1.82, 2.24) is 0 Å². The average Bonchev–Trinajstić information content (AvgIpc) is 2.03. The third-order valence-corrected chi connectivity index (χ3v) is 2.27. The summed E-state index contributed by atoms with van der Waals surface area (Å²) in [4.78, 5) is 0. The molecule has 0 bridgehead atoms. The fourth-order valence-electron chi connectivity index (χ4n) is 0.912. The van der Waals surface area contributed by atoms with Gasteiger partial charge in [0.15, 0.2) is 5.17 Å². The summed E-state index contributed by atoms with van der Waals surface area (Å²) in [5.41, 5.74) is 1.70. The molecular formula is C8H7BrClNO. The van der Waals surface area contributed by atoms with Gasteiger partial charge < -0.3 is 5.21 Å². The molecule has 12 heavy (non-hydrogen) atoms. The summed E-state index contributed by atoms with van der Waals surface area (Å²) in [6.07, 6.45) is 0. The van der Waals surface area contributed by atoms with Crippen LogP contribution in [0.2, 0.25) is 0 Å². The molecule has 0 aliphatic rings. The number of aryl methyl sites for hydroxylation is 1. The summed E-state index contributed by atoms with van der Waals surface area (Å²) in [5, 5.41) is 11.5. The van der Waals surface area contributed by atoms with Crippen LogP contribution in [-0.4, -0.2) is 10.4 Å². The van der Waals surface area contributed by atoms with Crippen molar-refractivity contribution in [1.29, 1.82) is 0 Å². The number of oxime groups is 1. The Morgan fingerprint density at radius 2 is 2.25 bits per heavy atom. The molecule has 4 heteroatoms. The molecule has 0 aromatic heterocycles. The topological polar surface area (TPSA) is 32.6 Å². The molecule has 0 aliphatic carbocycles. The SMILES string of the molecule is Cc1cc(Br)ccc1/C(Cl)=N\O. The number of hydrogen-bond donors (Lipinski definition) is 1. The molecule has 64 valence electrons. The highest BCUT2D eigenvalue weighted by atomic mass is 79.9. The lowest BCUT2D eigenvalue weighted by Gasteiger charge is -2.01. The summed E-state index contributed by atoms with van der Waals surface area (Å²) < 4.78 is 0.978. The summed E-state index contributed by atoms with van der Waals surface area (Å²) in [7, 11) is 0. The Kier molecular flexibility index (Phi) is 3.12. The lowest BCUT2D eigenvalue weighted by atomic mass is 10.1. The van der Waals surface area contributed by atoms with Gasteiger partial charge in [0.05, 0.1) is 0 Å². The molecule has 0 saturated heterocycles. The van der Waals surface area contributed by atoms with Gasteiger partial charge in [0, 0.05) is 10.0 Å². The highest BCUT2D eigenvalue weighted by Gasteiger charge is 2.03. The molecule has 1 aromatic carbocycles. The van der Waals surface area contributed by atoms with E-state index in [0.717, 1.165) is 15.6 Å². The predicted octanol–water partition coefficient (Wildman–Crippen LogP) is 3.13. The third kappa shape index (κ3) is 1.99. The van der Waals surface area contributed by atoms with Crippen molar-refractivity contribution >= 4 is 32.7 Å². The molecule has 0 spiro atoms. The smallest absolute Gasteiger partial charge is 0.175 e. The van der Waals surface area contributed by atoms with Crippen molar-refractivity contribution in [2.45, 2.75) is 6.92 Å². The molecule has 0 aliphatic heterocycles. The van der Waals surface area contributed by atoms with E-state index >= 15 is 0 Å². The van der Waals surface area contributed by atoms with Crippen molar-refractivity contribution in [2.24, 2.45) is 5.16 Å². The van der Waals surface area contributed by atoms with Gasteiger partial charge in [-0.05, 0) is 24.6 Å². The molecule has 1 aromatic rings. The van der Waals surface area contributed by atoms with E-state index < -0.39 is 0 Å². The molecule has 0 atom stereocenters. The van der Waals surface area contributed by atoms with Crippen molar-refractivity contribution < 1.29 is 5.21 Å². The highest BCUT2D eigenvalue weighted by Crippen LogP contribution is 2.17. The molecule has 1 rings (SSSR count). The zero-order valence-corrected chi connectivity index (χ0v) is 8.72. The number of nitrogens with zero attached hydrogens (tertiary/aromatic N) is 1. The Bertz CT molecular complexity index is 325. The summed E-state index contributed by atoms with van der Waals surface area (Å²) in [6, 6.07) is 5.54. The van der Waals surface area contributed by atoms with Gasteiger partial charge in [0.1, 0.15) is 0 Å². The summed E-state index contributed by atoms with van der Waals surface area (Å²) in [6.45, 7) is 1.90. The van der Waals surface area contributed by atoms with Gasteiger partial charge in [0.2, 0.25) is 0 Å². The van der Waals surface area contributed by atoms with Crippen LogP contribution in [0, 0.1) is 6.92 Å². The second kappa shape index (κ2) is 3.92. The standard InChI is InChI=1S/C8H7BrClNO/c1-5-4-6(9)2-3-7(5)8(10)11-12/h2-4,12H,1H3/b11-8+. The van der Waals surface area contributed by atoms with Gasteiger partial charge in [-0.25, -0.2) is 0 Å². The minimum Gasteiger partial charge on any atom is -0.410 e. The van der Waals surface area contributed by atoms with E-state index in [-0.39, 0.29) is 5.17 Å². The van der Waals surface area contributed by atoms with E-state index in [0.29, 0.717) is 0 Å². The molecular weight excluding hydrogens is 241 g/mol. The van der Waals surface area contributed by atoms with E-state index in [1.807, 2.05) is 19.1 Å². The first kappa shape index (κ1) is 9.55. The zero-order chi connectivity index (χ0) is 9.14. The Hall–Kier alpha value is -0.540. The normalized spacial score (nSPS) is 11.8. The Morgan fingerprint density at radius 3 is 2.75 bits per heavy atom. The van der Waals surface area contributed by atoms with Crippen LogP contribution < -0.4 is 0 Å². The molecule has 0 fully saturated rings. The Balaban J connectivity index is 3.18. The number of halogens is 2. The third-order valence-electron chi connectivity index (χ3n) is 1.50. The molecule has 2 nitrogen and oxygen atoms in total. The molecule has 0 saturated carbocycles. The van der Waals surface area contributed by atoms with E-state index in [1.54, 1.807) is 6.07 Å². The summed E-state index contributed by atoms with van der Waals surface area (Å²) >= 11 is 8.95. The zero-order valence-electron chi connectivity index (χ0n) is 6.38. The fourth-order valence-corrected chi connectivity index (χ4v) is 1.60. The molecule has 0 heterocycles. The quantitative estimate of drug-likeness (QED) is 0.462. The van der Waals surface area contributed by atoms with Crippen LogP contribution in [0.1, 0.15) is 11.1 Å². The maximum atomic E-state index is 8.43. The van der Waals surface area contributed by atoms with Gasteiger partial charge in [-0.15, -0.1) is 0 Å². The van der Waals surface area contributed by atoms with Crippen LogP contribution in [0.25, 0.3) is 0 Å². The first-order chi connectivity index (χ1) is 5.65. The molecule has 1 N–H and O–H groups in total. The van der Waals surface area contributed by atoms with Crippen LogP contribution in [0.15, 0.2) is 27.8 Å². The van der Waals surface area contributed by atoms with Crippen LogP contribution in [0.5, 0.6) is 0 Å². The lowest BCUT2D eigenvalue weighted by molar-refractivity contribution is 0.321. The minimum atomic E-state index is 0.111. The van der Waals surface area contributed by atoms with Gasteiger partial charge in [-0.3, -0.25) is 0 Å². The van der Waals surface area contributed by atoms with Crippen LogP contribution in [0.3, 0.4) is 0 Å².